The summed E-state index contributed by atoms with van der Waals surface area (Å²) >= 11 is 0. The van der Waals surface area contributed by atoms with E-state index in [0.29, 0.717) is 22.8 Å². The molecule has 0 atom stereocenters. The first-order chi connectivity index (χ1) is 13.0. The summed E-state index contributed by atoms with van der Waals surface area (Å²) in [6.07, 6.45) is 0. The Morgan fingerprint density at radius 3 is 2.59 bits per heavy atom. The van der Waals surface area contributed by atoms with Gasteiger partial charge in [-0.1, -0.05) is 17.3 Å². The van der Waals surface area contributed by atoms with Gasteiger partial charge in [0.25, 0.3) is 5.91 Å². The maximum Gasteiger partial charge on any atom is 0.278 e. The first-order valence-corrected chi connectivity index (χ1v) is 7.97. The lowest BCUT2D eigenvalue weighted by Crippen LogP contribution is -2.15. The van der Waals surface area contributed by atoms with Gasteiger partial charge in [-0.25, -0.2) is 8.78 Å². The molecule has 0 bridgehead atoms. The smallest absolute Gasteiger partial charge is 0.278 e. The van der Waals surface area contributed by atoms with Gasteiger partial charge in [-0.05, 0) is 31.2 Å². The number of benzene rings is 2. The zero-order valence-corrected chi connectivity index (χ0v) is 14.6. The molecule has 0 spiro atoms. The van der Waals surface area contributed by atoms with E-state index >= 15 is 0 Å². The van der Waals surface area contributed by atoms with Crippen LogP contribution in [-0.2, 0) is 6.61 Å². The van der Waals surface area contributed by atoms with Crippen LogP contribution in [0.25, 0.3) is 0 Å². The van der Waals surface area contributed by atoms with Gasteiger partial charge in [0.15, 0.2) is 28.8 Å². The number of aryl methyl sites for hydroxylation is 1. The van der Waals surface area contributed by atoms with Gasteiger partial charge in [-0.15, -0.1) is 0 Å². The van der Waals surface area contributed by atoms with Crippen LogP contribution in [0, 0.1) is 18.6 Å². The molecule has 3 rings (SSSR count). The van der Waals surface area contributed by atoms with E-state index in [2.05, 4.69) is 10.5 Å². The molecule has 6 nitrogen and oxygen atoms in total. The highest BCUT2D eigenvalue weighted by Gasteiger charge is 2.21. The molecule has 0 aliphatic carbocycles. The highest BCUT2D eigenvalue weighted by molar-refractivity contribution is 6.03. The molecular formula is C19H16F2N2O4. The highest BCUT2D eigenvalue weighted by atomic mass is 19.2. The topological polar surface area (TPSA) is 73.6 Å². The lowest BCUT2D eigenvalue weighted by atomic mass is 10.2. The molecule has 1 aromatic heterocycles. The number of halogens is 2. The monoisotopic (exact) mass is 374 g/mol. The molecule has 3 aromatic rings. The van der Waals surface area contributed by atoms with Crippen molar-refractivity contribution in [3.05, 3.63) is 71.1 Å². The first-order valence-electron chi connectivity index (χ1n) is 7.97. The molecule has 1 amide bonds. The molecule has 0 saturated heterocycles. The van der Waals surface area contributed by atoms with Crippen LogP contribution in [0.15, 0.2) is 47.0 Å². The Morgan fingerprint density at radius 2 is 1.89 bits per heavy atom. The summed E-state index contributed by atoms with van der Waals surface area (Å²) in [4.78, 5) is 12.4. The minimum atomic E-state index is -1.07. The number of rotatable bonds is 6. The van der Waals surface area contributed by atoms with Crippen molar-refractivity contribution in [2.24, 2.45) is 0 Å². The van der Waals surface area contributed by atoms with Gasteiger partial charge in [-0.3, -0.25) is 4.79 Å². The summed E-state index contributed by atoms with van der Waals surface area (Å²) in [5.74, 6) is -1.26. The molecule has 8 heteroatoms. The number of para-hydroxylation sites is 2. The van der Waals surface area contributed by atoms with Gasteiger partial charge >= 0.3 is 0 Å². The minimum Gasteiger partial charge on any atom is -0.493 e. The standard InChI is InChI=1S/C19H16F2N2O4/c1-11-13(10-26-17-6-4-3-5-16(17)25-2)18(23-27-11)19(24)22-12-7-8-14(20)15(21)9-12/h3-9H,10H2,1-2H3,(H,22,24). The molecule has 0 radical (unpaired) electrons. The molecule has 0 fully saturated rings. The van der Waals surface area contributed by atoms with Gasteiger partial charge < -0.3 is 19.3 Å². The fourth-order valence-electron chi connectivity index (χ4n) is 2.39. The van der Waals surface area contributed by atoms with Gasteiger partial charge in [0.05, 0.1) is 12.7 Å². The molecule has 0 aliphatic heterocycles. The fraction of sp³-hybridized carbons (Fsp3) is 0.158. The first kappa shape index (κ1) is 18.4. The SMILES string of the molecule is COc1ccccc1OCc1c(C(=O)Nc2ccc(F)c(F)c2)noc1C. The van der Waals surface area contributed by atoms with Crippen molar-refractivity contribution in [3.8, 4) is 11.5 Å². The van der Waals surface area contributed by atoms with Crippen molar-refractivity contribution in [1.82, 2.24) is 5.16 Å². The van der Waals surface area contributed by atoms with Gasteiger partial charge in [0.1, 0.15) is 12.4 Å². The average Bonchev–Trinajstić information content (AvgIpc) is 3.04. The molecule has 0 aliphatic rings. The Balaban J connectivity index is 1.77. The summed E-state index contributed by atoms with van der Waals surface area (Å²) in [5, 5.41) is 6.19. The Labute approximate surface area is 153 Å². The number of methoxy groups -OCH3 is 1. The largest absolute Gasteiger partial charge is 0.493 e. The highest BCUT2D eigenvalue weighted by Crippen LogP contribution is 2.27. The van der Waals surface area contributed by atoms with E-state index in [1.165, 1.54) is 13.2 Å². The lowest BCUT2D eigenvalue weighted by molar-refractivity contribution is 0.101. The minimum absolute atomic E-state index is 0.00729. The Hall–Kier alpha value is -3.42. The Bertz CT molecular complexity index is 972. The second-order valence-corrected chi connectivity index (χ2v) is 5.59. The van der Waals surface area contributed by atoms with Crippen LogP contribution >= 0.6 is 0 Å². The van der Waals surface area contributed by atoms with Crippen LogP contribution in [0.3, 0.4) is 0 Å². The number of hydrogen-bond acceptors (Lipinski definition) is 5. The second kappa shape index (κ2) is 7.86. The second-order valence-electron chi connectivity index (χ2n) is 5.59. The third kappa shape index (κ3) is 4.05. The predicted molar refractivity (Wildman–Crippen MR) is 92.9 cm³/mol. The van der Waals surface area contributed by atoms with Crippen LogP contribution in [0.1, 0.15) is 21.8 Å². The molecule has 0 saturated carbocycles. The molecule has 0 unspecified atom stereocenters. The van der Waals surface area contributed by atoms with E-state index in [1.807, 2.05) is 0 Å². The van der Waals surface area contributed by atoms with Crippen molar-refractivity contribution >= 4 is 11.6 Å². The number of amides is 1. The van der Waals surface area contributed by atoms with E-state index in [9.17, 15) is 13.6 Å². The van der Waals surface area contributed by atoms with Crippen LogP contribution in [0.4, 0.5) is 14.5 Å². The van der Waals surface area contributed by atoms with Gasteiger partial charge in [0.2, 0.25) is 0 Å². The average molecular weight is 374 g/mol. The van der Waals surface area contributed by atoms with E-state index < -0.39 is 17.5 Å². The normalized spacial score (nSPS) is 10.5. The van der Waals surface area contributed by atoms with Gasteiger partial charge in [0, 0.05) is 11.8 Å². The number of ether oxygens (including phenoxy) is 2. The molecule has 1 N–H and O–H groups in total. The van der Waals surface area contributed by atoms with E-state index in [1.54, 1.807) is 31.2 Å². The number of nitrogens with one attached hydrogen (secondary N) is 1. The number of aromatic nitrogens is 1. The van der Waals surface area contributed by atoms with Crippen molar-refractivity contribution < 1.29 is 27.6 Å². The number of anilines is 1. The summed E-state index contributed by atoms with van der Waals surface area (Å²) in [6, 6.07) is 10.1. The predicted octanol–water partition coefficient (Wildman–Crippen LogP) is 4.10. The molecule has 1 heterocycles. The third-order valence-electron chi connectivity index (χ3n) is 3.82. The summed E-state index contributed by atoms with van der Waals surface area (Å²) in [5.41, 5.74) is 0.518. The summed E-state index contributed by atoms with van der Waals surface area (Å²) < 4.78 is 42.3. The van der Waals surface area contributed by atoms with E-state index in [0.717, 1.165) is 12.1 Å². The molecule has 27 heavy (non-hydrogen) atoms. The lowest BCUT2D eigenvalue weighted by Gasteiger charge is -2.10. The van der Waals surface area contributed by atoms with E-state index in [4.69, 9.17) is 14.0 Å². The van der Waals surface area contributed by atoms with Crippen LogP contribution in [0.5, 0.6) is 11.5 Å². The molecule has 2 aromatic carbocycles. The maximum atomic E-state index is 13.3. The van der Waals surface area contributed by atoms with Crippen LogP contribution in [0.2, 0.25) is 0 Å². The summed E-state index contributed by atoms with van der Waals surface area (Å²) in [7, 11) is 1.52. The zero-order chi connectivity index (χ0) is 19.4. The third-order valence-corrected chi connectivity index (χ3v) is 3.82. The number of hydrogen-bond donors (Lipinski definition) is 1. The van der Waals surface area contributed by atoms with E-state index in [-0.39, 0.29) is 18.0 Å². The van der Waals surface area contributed by atoms with Crippen molar-refractivity contribution in [3.63, 3.8) is 0 Å². The summed E-state index contributed by atoms with van der Waals surface area (Å²) in [6.45, 7) is 1.65. The zero-order valence-electron chi connectivity index (χ0n) is 14.6. The quantitative estimate of drug-likeness (QED) is 0.703. The van der Waals surface area contributed by atoms with Gasteiger partial charge in [-0.2, -0.15) is 0 Å². The van der Waals surface area contributed by atoms with Crippen LogP contribution in [-0.4, -0.2) is 18.2 Å². The Morgan fingerprint density at radius 1 is 1.15 bits per heavy atom. The van der Waals surface area contributed by atoms with Crippen molar-refractivity contribution in [2.75, 3.05) is 12.4 Å². The van der Waals surface area contributed by atoms with Crippen molar-refractivity contribution in [2.45, 2.75) is 13.5 Å². The molecular weight excluding hydrogens is 358 g/mol. The number of nitrogens with zero attached hydrogens (tertiary/aromatic N) is 1. The number of carbonyl (C=O) groups is 1. The maximum absolute atomic E-state index is 13.3. The fourth-order valence-corrected chi connectivity index (χ4v) is 2.39. The van der Waals surface area contributed by atoms with Crippen LogP contribution < -0.4 is 14.8 Å². The van der Waals surface area contributed by atoms with Crippen molar-refractivity contribution in [1.29, 1.82) is 0 Å². The molecule has 140 valence electrons. The number of carbonyl (C=O) groups excluding carboxylic acids is 1. The Kier molecular flexibility index (Phi) is 5.35.